The van der Waals surface area contributed by atoms with Crippen LogP contribution in [0, 0.1) is 0 Å². The topological polar surface area (TPSA) is 74.2 Å². The van der Waals surface area contributed by atoms with Crippen LogP contribution >= 0.6 is 0 Å². The summed E-state index contributed by atoms with van der Waals surface area (Å²) in [5.41, 5.74) is -0.0683. The smallest absolute Gasteiger partial charge is 0.876 e. The maximum Gasteiger partial charge on any atom is 1.00 e. The molecule has 1 fully saturated rings. The summed E-state index contributed by atoms with van der Waals surface area (Å²) in [6, 6.07) is 3.23. The molecule has 0 unspecified atom stereocenters. The number of hydrogen-bond acceptors (Lipinski definition) is 5. The van der Waals surface area contributed by atoms with Gasteiger partial charge in [0, 0.05) is 6.07 Å². The monoisotopic (exact) mass is 658 g/mol. The number of hydrogen-bond donors (Lipinski definition) is 0. The van der Waals surface area contributed by atoms with E-state index in [1.165, 1.54) is 70.6 Å². The zero-order valence-electron chi connectivity index (χ0n) is 28.7. The zero-order valence-corrected chi connectivity index (χ0v) is 30.7. The van der Waals surface area contributed by atoms with Gasteiger partial charge < -0.3 is 14.6 Å². The molecule has 10 heteroatoms. The van der Waals surface area contributed by atoms with Crippen LogP contribution in [0.25, 0.3) is 0 Å². The summed E-state index contributed by atoms with van der Waals surface area (Å²) in [7, 11) is 0. The molecule has 3 rings (SSSR count). The van der Waals surface area contributed by atoms with Crippen molar-refractivity contribution in [1.82, 2.24) is 0 Å². The summed E-state index contributed by atoms with van der Waals surface area (Å²) < 4.78 is 54.3. The minimum Gasteiger partial charge on any atom is -0.876 e. The number of carbonyl (C=O) groups is 1. The molecule has 254 valence electrons. The van der Waals surface area contributed by atoms with E-state index in [0.29, 0.717) is 17.3 Å². The third-order valence-corrected chi connectivity index (χ3v) is 8.72. The molecule has 1 aliphatic heterocycles. The second kappa shape index (κ2) is 21.3. The van der Waals surface area contributed by atoms with Crippen LogP contribution in [0.5, 0.6) is 11.5 Å². The number of anilines is 1. The van der Waals surface area contributed by atoms with E-state index in [-0.39, 0.29) is 59.3 Å². The van der Waals surface area contributed by atoms with Crippen LogP contribution in [0.4, 0.5) is 18.9 Å². The van der Waals surface area contributed by atoms with Crippen molar-refractivity contribution < 1.29 is 62.1 Å². The third-order valence-electron chi connectivity index (χ3n) is 8.72. The molecule has 0 spiro atoms. The Balaban J connectivity index is 0.00000736. The van der Waals surface area contributed by atoms with E-state index in [1.807, 2.05) is 0 Å². The SMILES string of the molecule is CCCCCCCCCCCCCCCCOc1cc(OC(C)C)c(N2C(=O)/C(=C\[O-])N=C2C(F)(F)F)cc1C1CCCCC1.[Na+]. The van der Waals surface area contributed by atoms with Gasteiger partial charge in [0.2, 0.25) is 5.84 Å². The van der Waals surface area contributed by atoms with Crippen molar-refractivity contribution in [1.29, 1.82) is 0 Å². The Bertz CT molecular complexity index is 1120. The fourth-order valence-corrected chi connectivity index (χ4v) is 6.34. The number of ether oxygens (including phenoxy) is 2. The summed E-state index contributed by atoms with van der Waals surface area (Å²) in [5.74, 6) is -1.77. The van der Waals surface area contributed by atoms with Gasteiger partial charge >= 0.3 is 35.7 Å². The summed E-state index contributed by atoms with van der Waals surface area (Å²) in [4.78, 5) is 16.8. The van der Waals surface area contributed by atoms with E-state index in [4.69, 9.17) is 9.47 Å². The summed E-state index contributed by atoms with van der Waals surface area (Å²) in [6.45, 7) is 6.28. The molecule has 0 N–H and O–H groups in total. The first-order chi connectivity index (χ1) is 21.7. The van der Waals surface area contributed by atoms with E-state index in [9.17, 15) is 23.1 Å². The van der Waals surface area contributed by atoms with Crippen LogP contribution in [-0.4, -0.2) is 30.6 Å². The van der Waals surface area contributed by atoms with Gasteiger partial charge in [0.15, 0.2) is 0 Å². The quantitative estimate of drug-likeness (QED) is 0.0662. The number of unbranched alkanes of at least 4 members (excludes halogenated alkanes) is 13. The number of carbonyl (C=O) groups excluding carboxylic acids is 1. The number of aliphatic imine (C=N–C) groups is 1. The van der Waals surface area contributed by atoms with Gasteiger partial charge in [0.1, 0.15) is 17.2 Å². The number of halogens is 3. The predicted molar refractivity (Wildman–Crippen MR) is 173 cm³/mol. The van der Waals surface area contributed by atoms with Gasteiger partial charge in [-0.05, 0) is 50.7 Å². The average Bonchev–Trinajstić information content (AvgIpc) is 3.35. The van der Waals surface area contributed by atoms with Crippen LogP contribution in [0.1, 0.15) is 154 Å². The standard InChI is InChI=1S/C36H55F3N2O4.Na/c1-4-5-6-7-8-9-10-11-12-13-14-15-16-20-23-44-32-25-33(45-27(2)3)31(24-29(32)28-21-18-17-19-22-28)41-34(43)30(26-42)40-35(41)36(37,38)39;/h24-28,42H,4-23H2,1-3H3;/q;+1/p-1/b30-26+;. The molecule has 2 aliphatic rings. The van der Waals surface area contributed by atoms with E-state index in [0.717, 1.165) is 56.9 Å². The molecule has 0 radical (unpaired) electrons. The molecule has 0 bridgehead atoms. The second-order valence-electron chi connectivity index (χ2n) is 12.9. The molecule has 46 heavy (non-hydrogen) atoms. The Labute approximate surface area is 296 Å². The van der Waals surface area contributed by atoms with Crippen LogP contribution < -0.4 is 49.0 Å². The number of alkyl halides is 3. The minimum atomic E-state index is -4.94. The number of amidine groups is 1. The summed E-state index contributed by atoms with van der Waals surface area (Å²) >= 11 is 0. The van der Waals surface area contributed by atoms with Gasteiger partial charge in [0.05, 0.1) is 18.4 Å². The molecule has 1 aliphatic carbocycles. The fraction of sp³-hybridized carbons (Fsp3) is 0.722. The van der Waals surface area contributed by atoms with E-state index in [2.05, 4.69) is 11.9 Å². The average molecular weight is 659 g/mol. The van der Waals surface area contributed by atoms with Crippen molar-refractivity contribution >= 4 is 17.4 Å². The molecule has 1 amide bonds. The molecule has 0 saturated heterocycles. The van der Waals surface area contributed by atoms with Crippen LogP contribution in [0.15, 0.2) is 29.1 Å². The predicted octanol–water partition coefficient (Wildman–Crippen LogP) is 6.89. The largest absolute Gasteiger partial charge is 1.00 e. The normalized spacial score (nSPS) is 16.7. The van der Waals surface area contributed by atoms with Crippen molar-refractivity contribution in [2.75, 3.05) is 11.5 Å². The summed E-state index contributed by atoms with van der Waals surface area (Å²) in [6.07, 6.45) is 17.4. The number of rotatable bonds is 20. The fourth-order valence-electron chi connectivity index (χ4n) is 6.34. The molecule has 1 aromatic carbocycles. The second-order valence-corrected chi connectivity index (χ2v) is 12.9. The van der Waals surface area contributed by atoms with Crippen LogP contribution in [-0.2, 0) is 4.79 Å². The van der Waals surface area contributed by atoms with Gasteiger partial charge in [0.25, 0.3) is 5.91 Å². The maximum absolute atomic E-state index is 14.0. The first-order valence-corrected chi connectivity index (χ1v) is 17.5. The van der Waals surface area contributed by atoms with Gasteiger partial charge in [-0.2, -0.15) is 13.2 Å². The maximum atomic E-state index is 14.0. The molecular weight excluding hydrogens is 604 g/mol. The first-order valence-electron chi connectivity index (χ1n) is 17.5. The Kier molecular flexibility index (Phi) is 18.7. The van der Waals surface area contributed by atoms with Crippen molar-refractivity contribution in [2.45, 2.75) is 161 Å². The molecule has 1 aromatic rings. The number of amides is 1. The van der Waals surface area contributed by atoms with E-state index >= 15 is 0 Å². The molecule has 0 aromatic heterocycles. The number of benzene rings is 1. The Hall–Kier alpha value is -1.71. The number of nitrogens with zero attached hydrogens (tertiary/aromatic N) is 2. The van der Waals surface area contributed by atoms with Crippen LogP contribution in [0.3, 0.4) is 0 Å². The third kappa shape index (κ3) is 12.7. The van der Waals surface area contributed by atoms with Crippen molar-refractivity contribution in [3.05, 3.63) is 29.7 Å². The summed E-state index contributed by atoms with van der Waals surface area (Å²) in [5, 5.41) is 11.4. The Morgan fingerprint density at radius 3 is 1.93 bits per heavy atom. The zero-order chi connectivity index (χ0) is 32.7. The molecular formula is C36H54F3N2NaO4. The van der Waals surface area contributed by atoms with E-state index in [1.54, 1.807) is 26.0 Å². The Morgan fingerprint density at radius 2 is 1.43 bits per heavy atom. The van der Waals surface area contributed by atoms with Gasteiger partial charge in [-0.1, -0.05) is 110 Å². The van der Waals surface area contributed by atoms with Gasteiger partial charge in [-0.3, -0.25) is 9.69 Å². The first kappa shape index (κ1) is 40.5. The van der Waals surface area contributed by atoms with E-state index < -0.39 is 23.6 Å². The van der Waals surface area contributed by atoms with Crippen molar-refractivity contribution in [3.8, 4) is 11.5 Å². The molecule has 6 nitrogen and oxygen atoms in total. The van der Waals surface area contributed by atoms with Gasteiger partial charge in [-0.15, -0.1) is 6.26 Å². The molecule has 1 heterocycles. The van der Waals surface area contributed by atoms with Crippen molar-refractivity contribution in [2.24, 2.45) is 4.99 Å². The Morgan fingerprint density at radius 1 is 0.891 bits per heavy atom. The van der Waals surface area contributed by atoms with Crippen molar-refractivity contribution in [3.63, 3.8) is 0 Å². The minimum absolute atomic E-state index is 0. The van der Waals surface area contributed by atoms with Crippen LogP contribution in [0.2, 0.25) is 0 Å². The molecule has 1 saturated carbocycles. The van der Waals surface area contributed by atoms with Gasteiger partial charge in [-0.25, -0.2) is 4.99 Å². The molecule has 0 atom stereocenters.